The fraction of sp³-hybridized carbons (Fsp3) is 0.419. The molecule has 1 spiro atoms. The molecule has 0 radical (unpaired) electrons. The lowest BCUT2D eigenvalue weighted by Gasteiger charge is -2.64. The van der Waals surface area contributed by atoms with E-state index in [2.05, 4.69) is 13.5 Å². The molecule has 1 saturated heterocycles. The summed E-state index contributed by atoms with van der Waals surface area (Å²) in [6.45, 7) is 14.6. The number of ether oxygens (including phenoxy) is 2. The Morgan fingerprint density at radius 2 is 1.73 bits per heavy atom. The van der Waals surface area contributed by atoms with Gasteiger partial charge in [0, 0.05) is 35.2 Å². The summed E-state index contributed by atoms with van der Waals surface area (Å²) in [5, 5.41) is 11.5. The second-order valence-electron chi connectivity index (χ2n) is 16.1. The Bertz CT molecular complexity index is 2030. The monoisotopic (exact) mass is 704 g/mol. The van der Waals surface area contributed by atoms with E-state index in [4.69, 9.17) is 13.9 Å². The second-order valence-corrected chi connectivity index (χ2v) is 16.1. The maximum Gasteiger partial charge on any atom is 0.302 e. The number of allylic oxidation sites excluding steroid dienone is 9. The Kier molecular flexibility index (Phi) is 8.07. The van der Waals surface area contributed by atoms with Crippen LogP contribution in [0.25, 0.3) is 0 Å². The Balaban J connectivity index is 0.000000208. The van der Waals surface area contributed by atoms with Gasteiger partial charge in [0.15, 0.2) is 23.1 Å². The number of furan rings is 1. The molecule has 0 bridgehead atoms. The third-order valence-corrected chi connectivity index (χ3v) is 13.1. The van der Waals surface area contributed by atoms with Crippen LogP contribution >= 0.6 is 0 Å². The Morgan fingerprint density at radius 3 is 2.37 bits per heavy atom. The zero-order valence-corrected chi connectivity index (χ0v) is 30.3. The highest BCUT2D eigenvalue weighted by atomic mass is 16.6. The van der Waals surface area contributed by atoms with Crippen LogP contribution < -0.4 is 0 Å². The molecule has 9 heteroatoms. The summed E-state index contributed by atoms with van der Waals surface area (Å²) < 4.78 is 17.9. The van der Waals surface area contributed by atoms with E-state index in [9.17, 15) is 29.1 Å². The first-order valence-corrected chi connectivity index (χ1v) is 17.7. The number of aliphatic hydroxyl groups excluding tert-OH is 1. The lowest BCUT2D eigenvalue weighted by Crippen LogP contribution is -2.70. The number of esters is 1. The number of hydrogen-bond acceptors (Lipinski definition) is 9. The standard InChI is InChI=1S/C28H32O7.C15H12O2/c1-14(29)34-17-12-26(5)16(15-8-10-33-13-15)11-19-28(26,35-19)27(6)21(17)25(4)9-7-18(30)24(2,3)22(25)20(31)23(27)32;1-2-13(11-6-4-3-5-7-11)14-10-12(16)8-9-15(14)17/h7-10,13,16-17,19,21,31H,11-12H2,1-6H3;2-10,13H,1H2. The van der Waals surface area contributed by atoms with Crippen LogP contribution in [0.5, 0.6) is 0 Å². The van der Waals surface area contributed by atoms with Gasteiger partial charge in [-0.3, -0.25) is 24.0 Å². The first-order valence-electron chi connectivity index (χ1n) is 17.7. The van der Waals surface area contributed by atoms with Crippen molar-refractivity contribution in [3.63, 3.8) is 0 Å². The number of rotatable bonds is 5. The van der Waals surface area contributed by atoms with Crippen LogP contribution in [0, 0.1) is 27.6 Å². The van der Waals surface area contributed by atoms with Crippen molar-refractivity contribution in [3.05, 3.63) is 120 Å². The van der Waals surface area contributed by atoms with Crippen LogP contribution in [-0.4, -0.2) is 52.0 Å². The van der Waals surface area contributed by atoms with E-state index in [1.165, 1.54) is 25.2 Å². The molecule has 2 aromatic rings. The molecular weight excluding hydrogens is 660 g/mol. The van der Waals surface area contributed by atoms with Gasteiger partial charge in [0.1, 0.15) is 11.7 Å². The van der Waals surface area contributed by atoms with Gasteiger partial charge in [0.2, 0.25) is 5.78 Å². The predicted molar refractivity (Wildman–Crippen MR) is 191 cm³/mol. The number of aliphatic hydroxyl groups is 1. The summed E-state index contributed by atoms with van der Waals surface area (Å²) in [7, 11) is 0. The number of carbonyl (C=O) groups excluding carboxylic acids is 5. The Morgan fingerprint density at radius 1 is 1.02 bits per heavy atom. The van der Waals surface area contributed by atoms with Gasteiger partial charge in [-0.05, 0) is 86.6 Å². The van der Waals surface area contributed by atoms with Gasteiger partial charge in [-0.1, -0.05) is 56.3 Å². The summed E-state index contributed by atoms with van der Waals surface area (Å²) in [5.41, 5.74) is -1.61. The second kappa shape index (κ2) is 11.8. The van der Waals surface area contributed by atoms with Crippen molar-refractivity contribution in [3.8, 4) is 0 Å². The first-order chi connectivity index (χ1) is 24.5. The van der Waals surface area contributed by atoms with Crippen LogP contribution in [0.2, 0.25) is 0 Å². The molecule has 8 rings (SSSR count). The number of epoxide rings is 1. The van der Waals surface area contributed by atoms with Crippen molar-refractivity contribution in [2.45, 2.75) is 84.0 Å². The van der Waals surface area contributed by atoms with E-state index < -0.39 is 51.0 Å². The normalized spacial score (nSPS) is 37.1. The highest BCUT2D eigenvalue weighted by molar-refractivity contribution is 6.18. The third kappa shape index (κ3) is 4.67. The van der Waals surface area contributed by atoms with Crippen molar-refractivity contribution in [2.24, 2.45) is 27.6 Å². The summed E-state index contributed by atoms with van der Waals surface area (Å²) in [4.78, 5) is 62.7. The molecule has 52 heavy (non-hydrogen) atoms. The Labute approximate surface area is 303 Å². The molecule has 9 unspecified atom stereocenters. The average molecular weight is 705 g/mol. The van der Waals surface area contributed by atoms with Crippen molar-refractivity contribution < 1.29 is 43.0 Å². The highest BCUT2D eigenvalue weighted by Crippen LogP contribution is 2.81. The first kappa shape index (κ1) is 35.5. The van der Waals surface area contributed by atoms with E-state index in [1.54, 1.807) is 44.6 Å². The SMILES string of the molecule is C=CC(C1=CC(=O)C=CC1=O)c1ccccc1.CC(=O)OC1CC2(C)C(c3ccoc3)CC3OC32C2(C)C(=O)C(O)=C3C(C)(C)C(=O)C=CC3(C)C12. The maximum atomic E-state index is 14.3. The summed E-state index contributed by atoms with van der Waals surface area (Å²) in [6, 6.07) is 11.5. The zero-order chi connectivity index (χ0) is 37.6. The summed E-state index contributed by atoms with van der Waals surface area (Å²) in [6.07, 6.45) is 12.9. The minimum Gasteiger partial charge on any atom is -0.504 e. The number of Topliss-reactive ketones (excluding diaryl/α,β-unsaturated/α-hetero) is 1. The fourth-order valence-corrected chi connectivity index (χ4v) is 11.1. The fourth-order valence-electron chi connectivity index (χ4n) is 11.1. The molecule has 1 aromatic heterocycles. The van der Waals surface area contributed by atoms with Crippen LogP contribution in [0.4, 0.5) is 0 Å². The lowest BCUT2D eigenvalue weighted by atomic mass is 9.38. The Hall–Kier alpha value is -4.89. The van der Waals surface area contributed by atoms with Crippen molar-refractivity contribution in [2.75, 3.05) is 0 Å². The van der Waals surface area contributed by atoms with E-state index >= 15 is 0 Å². The van der Waals surface area contributed by atoms with Crippen molar-refractivity contribution in [1.29, 1.82) is 0 Å². The molecule has 2 saturated carbocycles. The average Bonchev–Trinajstić information content (AvgIpc) is 3.46. The molecule has 9 nitrogen and oxygen atoms in total. The molecule has 9 atom stereocenters. The summed E-state index contributed by atoms with van der Waals surface area (Å²) in [5.74, 6) is -2.34. The lowest BCUT2D eigenvalue weighted by molar-refractivity contribution is -0.200. The molecule has 1 N–H and O–H groups in total. The molecule has 270 valence electrons. The number of benzene rings is 1. The molecule has 1 aliphatic heterocycles. The zero-order valence-electron chi connectivity index (χ0n) is 30.3. The molecule has 3 fully saturated rings. The van der Waals surface area contributed by atoms with Gasteiger partial charge in [0.25, 0.3) is 0 Å². The molecule has 2 heterocycles. The number of hydrogen-bond donors (Lipinski definition) is 1. The van der Waals surface area contributed by atoms with Crippen molar-refractivity contribution in [1.82, 2.24) is 0 Å². The summed E-state index contributed by atoms with van der Waals surface area (Å²) >= 11 is 0. The predicted octanol–water partition coefficient (Wildman–Crippen LogP) is 7.03. The van der Waals surface area contributed by atoms with Gasteiger partial charge in [-0.25, -0.2) is 0 Å². The molecule has 0 amide bonds. The van der Waals surface area contributed by atoms with Gasteiger partial charge in [-0.2, -0.15) is 0 Å². The largest absolute Gasteiger partial charge is 0.504 e. The quantitative estimate of drug-likeness (QED) is 0.150. The van der Waals surface area contributed by atoms with E-state index in [0.29, 0.717) is 24.0 Å². The highest BCUT2D eigenvalue weighted by Gasteiger charge is 2.89. The van der Waals surface area contributed by atoms with E-state index in [1.807, 2.05) is 50.2 Å². The minimum atomic E-state index is -1.17. The van der Waals surface area contributed by atoms with E-state index in [-0.39, 0.29) is 41.0 Å². The van der Waals surface area contributed by atoms with Crippen LogP contribution in [0.15, 0.2) is 113 Å². The van der Waals surface area contributed by atoms with Gasteiger partial charge >= 0.3 is 5.97 Å². The van der Waals surface area contributed by atoms with Crippen LogP contribution in [-0.2, 0) is 33.4 Å². The van der Waals surface area contributed by atoms with Crippen LogP contribution in [0.3, 0.4) is 0 Å². The third-order valence-electron chi connectivity index (χ3n) is 13.1. The molecule has 1 aromatic carbocycles. The number of fused-ring (bicyclic) bond motifs is 3. The molecule has 5 aliphatic carbocycles. The molecular formula is C43H44O9. The minimum absolute atomic E-state index is 0.0453. The van der Waals surface area contributed by atoms with Crippen LogP contribution in [0.1, 0.15) is 77.3 Å². The maximum absolute atomic E-state index is 14.3. The van der Waals surface area contributed by atoms with Gasteiger partial charge < -0.3 is 19.0 Å². The van der Waals surface area contributed by atoms with E-state index in [0.717, 1.165) is 11.1 Å². The topological polar surface area (TPSA) is 140 Å². The van der Waals surface area contributed by atoms with Gasteiger partial charge in [-0.15, -0.1) is 6.58 Å². The van der Waals surface area contributed by atoms with Gasteiger partial charge in [0.05, 0.1) is 29.5 Å². The smallest absolute Gasteiger partial charge is 0.302 e. The molecule has 6 aliphatic rings. The number of ketones is 4. The number of carbonyl (C=O) groups is 5. The van der Waals surface area contributed by atoms with Crippen molar-refractivity contribution >= 4 is 29.1 Å².